The fraction of sp³-hybridized carbons (Fsp3) is 0.278. The molecule has 7 heteroatoms. The standard InChI is InChI=1S/C18H21ClN2O3S/c1-14-6-8-15(9-7-14)13-21(25(2,23)24)11-10-20-18(22)16-4-3-5-17(19)12-16/h3-9,12H,10-11,13H2,1-2H3,(H,20,22). The van der Waals surface area contributed by atoms with Gasteiger partial charge < -0.3 is 5.32 Å². The van der Waals surface area contributed by atoms with Crippen LogP contribution in [-0.4, -0.2) is 38.0 Å². The second-order valence-corrected chi connectivity index (χ2v) is 8.27. The minimum Gasteiger partial charge on any atom is -0.351 e. The number of carbonyl (C=O) groups excluding carboxylic acids is 1. The Kier molecular flexibility index (Phi) is 6.58. The van der Waals surface area contributed by atoms with Gasteiger partial charge in [0.15, 0.2) is 0 Å². The average molecular weight is 381 g/mol. The van der Waals surface area contributed by atoms with E-state index in [9.17, 15) is 13.2 Å². The summed E-state index contributed by atoms with van der Waals surface area (Å²) in [5, 5.41) is 3.20. The van der Waals surface area contributed by atoms with Crippen molar-refractivity contribution in [1.29, 1.82) is 0 Å². The lowest BCUT2D eigenvalue weighted by Crippen LogP contribution is -2.37. The highest BCUT2D eigenvalue weighted by atomic mass is 35.5. The van der Waals surface area contributed by atoms with Gasteiger partial charge in [-0.1, -0.05) is 47.5 Å². The predicted octanol–water partition coefficient (Wildman–Crippen LogP) is 2.84. The first-order valence-electron chi connectivity index (χ1n) is 7.80. The molecule has 0 heterocycles. The molecule has 0 unspecified atom stereocenters. The molecule has 2 rings (SSSR count). The predicted molar refractivity (Wildman–Crippen MR) is 100 cm³/mol. The molecule has 134 valence electrons. The second kappa shape index (κ2) is 8.47. The largest absolute Gasteiger partial charge is 0.351 e. The van der Waals surface area contributed by atoms with Crippen molar-refractivity contribution in [2.75, 3.05) is 19.3 Å². The van der Waals surface area contributed by atoms with Gasteiger partial charge in [0.2, 0.25) is 10.0 Å². The van der Waals surface area contributed by atoms with Gasteiger partial charge in [0.1, 0.15) is 0 Å². The van der Waals surface area contributed by atoms with E-state index < -0.39 is 10.0 Å². The van der Waals surface area contributed by atoms with Crippen molar-refractivity contribution in [3.05, 3.63) is 70.2 Å². The molecule has 0 aliphatic heterocycles. The molecule has 1 amide bonds. The van der Waals surface area contributed by atoms with E-state index in [0.29, 0.717) is 10.6 Å². The van der Waals surface area contributed by atoms with Crippen LogP contribution in [0.25, 0.3) is 0 Å². The number of aryl methyl sites for hydroxylation is 1. The lowest BCUT2D eigenvalue weighted by atomic mass is 10.1. The molecule has 25 heavy (non-hydrogen) atoms. The third kappa shape index (κ3) is 6.16. The van der Waals surface area contributed by atoms with Gasteiger partial charge in [-0.3, -0.25) is 4.79 Å². The maximum Gasteiger partial charge on any atom is 0.251 e. The lowest BCUT2D eigenvalue weighted by molar-refractivity contribution is 0.0951. The Morgan fingerprint density at radius 2 is 1.84 bits per heavy atom. The van der Waals surface area contributed by atoms with Gasteiger partial charge in [-0.05, 0) is 30.7 Å². The highest BCUT2D eigenvalue weighted by Crippen LogP contribution is 2.11. The summed E-state index contributed by atoms with van der Waals surface area (Å²) in [4.78, 5) is 12.1. The van der Waals surface area contributed by atoms with Crippen molar-refractivity contribution in [3.63, 3.8) is 0 Å². The summed E-state index contributed by atoms with van der Waals surface area (Å²) in [7, 11) is -3.38. The van der Waals surface area contributed by atoms with Crippen molar-refractivity contribution in [3.8, 4) is 0 Å². The fourth-order valence-corrected chi connectivity index (χ4v) is 3.28. The fourth-order valence-electron chi connectivity index (χ4n) is 2.29. The van der Waals surface area contributed by atoms with Crippen LogP contribution >= 0.6 is 11.6 Å². The molecule has 1 N–H and O–H groups in total. The van der Waals surface area contributed by atoms with Gasteiger partial charge in [0.25, 0.3) is 5.91 Å². The zero-order valence-corrected chi connectivity index (χ0v) is 15.8. The number of sulfonamides is 1. The summed E-state index contributed by atoms with van der Waals surface area (Å²) in [5.41, 5.74) is 2.46. The third-order valence-electron chi connectivity index (χ3n) is 3.68. The summed E-state index contributed by atoms with van der Waals surface area (Å²) in [6.45, 7) is 2.65. The number of rotatable bonds is 7. The number of nitrogens with one attached hydrogen (secondary N) is 1. The van der Waals surface area contributed by atoms with E-state index in [2.05, 4.69) is 5.32 Å². The van der Waals surface area contributed by atoms with Crippen LogP contribution in [0.3, 0.4) is 0 Å². The lowest BCUT2D eigenvalue weighted by Gasteiger charge is -2.20. The minimum absolute atomic E-state index is 0.193. The van der Waals surface area contributed by atoms with Gasteiger partial charge in [0.05, 0.1) is 6.26 Å². The quantitative estimate of drug-likeness (QED) is 0.803. The molecule has 0 aromatic heterocycles. The van der Waals surface area contributed by atoms with Crippen molar-refractivity contribution in [2.24, 2.45) is 0 Å². The summed E-state index contributed by atoms with van der Waals surface area (Å²) in [6, 6.07) is 14.3. The number of halogens is 1. The first-order valence-corrected chi connectivity index (χ1v) is 10.0. The number of nitrogens with zero attached hydrogens (tertiary/aromatic N) is 1. The van der Waals surface area contributed by atoms with E-state index in [1.807, 2.05) is 31.2 Å². The molecule has 0 saturated heterocycles. The molecule has 0 saturated carbocycles. The molecule has 0 spiro atoms. The number of amides is 1. The smallest absolute Gasteiger partial charge is 0.251 e. The van der Waals surface area contributed by atoms with Gasteiger partial charge in [-0.25, -0.2) is 8.42 Å². The van der Waals surface area contributed by atoms with Crippen molar-refractivity contribution in [1.82, 2.24) is 9.62 Å². The Labute approximate surface area is 153 Å². The summed E-state index contributed by atoms with van der Waals surface area (Å²) < 4.78 is 25.3. The average Bonchev–Trinajstić information content (AvgIpc) is 2.54. The van der Waals surface area contributed by atoms with Crippen molar-refractivity contribution in [2.45, 2.75) is 13.5 Å². The van der Waals surface area contributed by atoms with E-state index in [0.717, 1.165) is 11.1 Å². The highest BCUT2D eigenvalue weighted by molar-refractivity contribution is 7.88. The summed E-state index contributed by atoms with van der Waals surface area (Å²) in [5.74, 6) is -0.286. The summed E-state index contributed by atoms with van der Waals surface area (Å²) in [6.07, 6.45) is 1.17. The van der Waals surface area contributed by atoms with Crippen molar-refractivity contribution < 1.29 is 13.2 Å². The first-order chi connectivity index (χ1) is 11.8. The van der Waals surface area contributed by atoms with E-state index >= 15 is 0 Å². The highest BCUT2D eigenvalue weighted by Gasteiger charge is 2.17. The van der Waals surface area contributed by atoms with E-state index in [1.54, 1.807) is 24.3 Å². The molecular weight excluding hydrogens is 360 g/mol. The van der Waals surface area contributed by atoms with Crippen LogP contribution in [0.2, 0.25) is 5.02 Å². The number of carbonyl (C=O) groups is 1. The van der Waals surface area contributed by atoms with Crippen LogP contribution in [0.4, 0.5) is 0 Å². The first kappa shape index (κ1) is 19.4. The molecular formula is C18H21ClN2O3S. The van der Waals surface area contributed by atoms with Crippen LogP contribution in [0.15, 0.2) is 48.5 Å². The maximum absolute atomic E-state index is 12.1. The van der Waals surface area contributed by atoms with Crippen LogP contribution < -0.4 is 5.32 Å². The van der Waals surface area contributed by atoms with Crippen LogP contribution in [0.5, 0.6) is 0 Å². The molecule has 0 fully saturated rings. The Morgan fingerprint density at radius 3 is 2.44 bits per heavy atom. The Balaban J connectivity index is 1.96. The summed E-state index contributed by atoms with van der Waals surface area (Å²) >= 11 is 5.87. The van der Waals surface area contributed by atoms with Gasteiger partial charge in [-0.15, -0.1) is 0 Å². The maximum atomic E-state index is 12.1. The molecule has 2 aromatic carbocycles. The van der Waals surface area contributed by atoms with E-state index in [4.69, 9.17) is 11.6 Å². The van der Waals surface area contributed by atoms with Gasteiger partial charge >= 0.3 is 0 Å². The molecule has 0 aliphatic carbocycles. The Morgan fingerprint density at radius 1 is 1.16 bits per heavy atom. The molecule has 0 atom stereocenters. The Bertz CT molecular complexity index is 836. The van der Waals surface area contributed by atoms with Gasteiger partial charge in [0, 0.05) is 30.2 Å². The number of hydrogen-bond acceptors (Lipinski definition) is 3. The Hall–Kier alpha value is -1.89. The molecule has 0 bridgehead atoms. The zero-order valence-electron chi connectivity index (χ0n) is 14.2. The monoisotopic (exact) mass is 380 g/mol. The second-order valence-electron chi connectivity index (χ2n) is 5.85. The number of benzene rings is 2. The molecule has 5 nitrogen and oxygen atoms in total. The number of hydrogen-bond donors (Lipinski definition) is 1. The van der Waals surface area contributed by atoms with E-state index in [-0.39, 0.29) is 25.5 Å². The zero-order chi connectivity index (χ0) is 18.4. The van der Waals surface area contributed by atoms with Crippen LogP contribution in [0.1, 0.15) is 21.5 Å². The van der Waals surface area contributed by atoms with Crippen molar-refractivity contribution >= 4 is 27.5 Å². The molecule has 0 aliphatic rings. The topological polar surface area (TPSA) is 66.5 Å². The van der Waals surface area contributed by atoms with Crippen LogP contribution in [-0.2, 0) is 16.6 Å². The van der Waals surface area contributed by atoms with Gasteiger partial charge in [-0.2, -0.15) is 4.31 Å². The van der Waals surface area contributed by atoms with Crippen LogP contribution in [0, 0.1) is 6.92 Å². The normalized spacial score (nSPS) is 11.5. The minimum atomic E-state index is -3.38. The molecule has 0 radical (unpaired) electrons. The SMILES string of the molecule is Cc1ccc(CN(CCNC(=O)c2cccc(Cl)c2)S(C)(=O)=O)cc1. The third-order valence-corrected chi connectivity index (χ3v) is 5.17. The molecule has 2 aromatic rings. The van der Waals surface area contributed by atoms with E-state index in [1.165, 1.54) is 10.6 Å².